The molecule has 2 aliphatic carbocycles. The molecule has 0 heterocycles. The Hall–Kier alpha value is -0.330. The summed E-state index contributed by atoms with van der Waals surface area (Å²) in [4.78, 5) is 12.0. The first-order valence-corrected chi connectivity index (χ1v) is 7.12. The molecule has 1 unspecified atom stereocenters. The van der Waals surface area contributed by atoms with Crippen molar-refractivity contribution in [2.45, 2.75) is 65.7 Å². The third-order valence-corrected chi connectivity index (χ3v) is 5.37. The molecule has 2 saturated carbocycles. The number of fused-ring (bicyclic) bond motifs is 1. The first-order valence-electron chi connectivity index (χ1n) is 7.12. The van der Waals surface area contributed by atoms with Crippen LogP contribution >= 0.6 is 0 Å². The Balaban J connectivity index is 2.14. The smallest absolute Gasteiger partial charge is 0.136 e. The summed E-state index contributed by atoms with van der Waals surface area (Å²) in [6.07, 6.45) is 8.38. The lowest BCUT2D eigenvalue weighted by Gasteiger charge is -2.42. The van der Waals surface area contributed by atoms with Gasteiger partial charge in [-0.25, -0.2) is 0 Å². The molecule has 16 heavy (non-hydrogen) atoms. The average Bonchev–Trinajstić information content (AvgIpc) is 2.57. The zero-order chi connectivity index (χ0) is 11.8. The molecule has 0 radical (unpaired) electrons. The van der Waals surface area contributed by atoms with Crippen LogP contribution in [-0.4, -0.2) is 5.78 Å². The van der Waals surface area contributed by atoms with Gasteiger partial charge in [0.1, 0.15) is 5.78 Å². The minimum atomic E-state index is 0.351. The van der Waals surface area contributed by atoms with Crippen LogP contribution in [-0.2, 0) is 4.79 Å². The highest BCUT2D eigenvalue weighted by Gasteiger charge is 2.51. The number of rotatable bonds is 3. The second kappa shape index (κ2) is 4.50. The van der Waals surface area contributed by atoms with E-state index in [1.54, 1.807) is 0 Å². The standard InChI is InChI=1S/C15H26O/c1-4-6-11(2)12-8-9-13-14(16)7-5-10-15(12,13)3/h11-13H,4-10H2,1-3H3/t11-,12?,13-,15+/m0/s1. The van der Waals surface area contributed by atoms with Gasteiger partial charge in [-0.3, -0.25) is 4.79 Å². The predicted octanol–water partition coefficient (Wildman–Crippen LogP) is 4.21. The third kappa shape index (κ3) is 1.83. The van der Waals surface area contributed by atoms with Crippen molar-refractivity contribution in [3.63, 3.8) is 0 Å². The Kier molecular flexibility index (Phi) is 3.42. The highest BCUT2D eigenvalue weighted by Crippen LogP contribution is 2.56. The minimum Gasteiger partial charge on any atom is -0.299 e. The number of hydrogen-bond donors (Lipinski definition) is 0. The molecule has 1 nitrogen and oxygen atoms in total. The van der Waals surface area contributed by atoms with E-state index in [9.17, 15) is 4.79 Å². The molecular formula is C15H26O. The van der Waals surface area contributed by atoms with E-state index in [2.05, 4.69) is 20.8 Å². The van der Waals surface area contributed by atoms with Gasteiger partial charge in [-0.15, -0.1) is 0 Å². The zero-order valence-electron chi connectivity index (χ0n) is 11.1. The summed E-state index contributed by atoms with van der Waals surface area (Å²) in [7, 11) is 0. The second-order valence-electron chi connectivity index (χ2n) is 6.33. The minimum absolute atomic E-state index is 0.351. The average molecular weight is 222 g/mol. The van der Waals surface area contributed by atoms with Gasteiger partial charge in [0.05, 0.1) is 0 Å². The van der Waals surface area contributed by atoms with Crippen LogP contribution in [0, 0.1) is 23.2 Å². The van der Waals surface area contributed by atoms with Crippen molar-refractivity contribution in [2.24, 2.45) is 23.2 Å². The number of ketones is 1. The first-order chi connectivity index (χ1) is 7.59. The van der Waals surface area contributed by atoms with Crippen LogP contribution in [0.3, 0.4) is 0 Å². The van der Waals surface area contributed by atoms with Crippen molar-refractivity contribution >= 4 is 5.78 Å². The number of carbonyl (C=O) groups is 1. The Labute approximate surface area is 100.0 Å². The molecule has 92 valence electrons. The second-order valence-corrected chi connectivity index (χ2v) is 6.33. The number of Topliss-reactive ketones (excluding diaryl/α,β-unsaturated/α-hetero) is 1. The molecule has 0 amide bonds. The summed E-state index contributed by atoms with van der Waals surface area (Å²) in [6, 6.07) is 0. The van der Waals surface area contributed by atoms with Crippen molar-refractivity contribution in [3.8, 4) is 0 Å². The van der Waals surface area contributed by atoms with Gasteiger partial charge in [-0.05, 0) is 42.9 Å². The summed E-state index contributed by atoms with van der Waals surface area (Å²) in [5.41, 5.74) is 0.351. The van der Waals surface area contributed by atoms with Gasteiger partial charge in [0, 0.05) is 12.3 Å². The van der Waals surface area contributed by atoms with E-state index in [4.69, 9.17) is 0 Å². The molecule has 0 bridgehead atoms. The Morgan fingerprint density at radius 2 is 2.19 bits per heavy atom. The van der Waals surface area contributed by atoms with Crippen LogP contribution in [0.1, 0.15) is 65.7 Å². The highest BCUT2D eigenvalue weighted by atomic mass is 16.1. The molecule has 4 atom stereocenters. The highest BCUT2D eigenvalue weighted by molar-refractivity contribution is 5.83. The molecule has 0 aliphatic heterocycles. The molecule has 0 N–H and O–H groups in total. The fourth-order valence-electron chi connectivity index (χ4n) is 4.56. The predicted molar refractivity (Wildman–Crippen MR) is 67.3 cm³/mol. The molecular weight excluding hydrogens is 196 g/mol. The SMILES string of the molecule is CCC[C@H](C)C1CC[C@H]2C(=O)CCC[C@]12C. The Bertz CT molecular complexity index is 271. The maximum absolute atomic E-state index is 12.0. The quantitative estimate of drug-likeness (QED) is 0.699. The summed E-state index contributed by atoms with van der Waals surface area (Å²) >= 11 is 0. The number of hydrogen-bond acceptors (Lipinski definition) is 1. The van der Waals surface area contributed by atoms with Gasteiger partial charge in [0.15, 0.2) is 0 Å². The maximum Gasteiger partial charge on any atom is 0.136 e. The van der Waals surface area contributed by atoms with Crippen molar-refractivity contribution in [1.29, 1.82) is 0 Å². The number of carbonyl (C=O) groups excluding carboxylic acids is 1. The largest absolute Gasteiger partial charge is 0.299 e. The van der Waals surface area contributed by atoms with Gasteiger partial charge in [0.2, 0.25) is 0 Å². The van der Waals surface area contributed by atoms with E-state index >= 15 is 0 Å². The van der Waals surface area contributed by atoms with Crippen LogP contribution in [0.5, 0.6) is 0 Å². The van der Waals surface area contributed by atoms with E-state index in [1.807, 2.05) is 0 Å². The molecule has 0 aromatic heterocycles. The van der Waals surface area contributed by atoms with E-state index in [0.717, 1.165) is 24.7 Å². The normalized spacial score (nSPS) is 40.8. The Morgan fingerprint density at radius 1 is 1.44 bits per heavy atom. The van der Waals surface area contributed by atoms with Crippen molar-refractivity contribution in [1.82, 2.24) is 0 Å². The van der Waals surface area contributed by atoms with Crippen LogP contribution in [0.15, 0.2) is 0 Å². The summed E-state index contributed by atoms with van der Waals surface area (Å²) in [6.45, 7) is 7.08. The molecule has 0 spiro atoms. The van der Waals surface area contributed by atoms with Gasteiger partial charge in [-0.2, -0.15) is 0 Å². The molecule has 0 aromatic carbocycles. The first kappa shape index (κ1) is 12.1. The topological polar surface area (TPSA) is 17.1 Å². The fourth-order valence-corrected chi connectivity index (χ4v) is 4.56. The van der Waals surface area contributed by atoms with E-state index in [1.165, 1.54) is 32.1 Å². The van der Waals surface area contributed by atoms with Crippen LogP contribution in [0.2, 0.25) is 0 Å². The molecule has 0 saturated heterocycles. The van der Waals surface area contributed by atoms with Crippen LogP contribution in [0.4, 0.5) is 0 Å². The lowest BCUT2D eigenvalue weighted by atomic mass is 9.62. The van der Waals surface area contributed by atoms with Crippen molar-refractivity contribution < 1.29 is 4.79 Å². The molecule has 1 heteroatoms. The lowest BCUT2D eigenvalue weighted by molar-refractivity contribution is -0.130. The lowest BCUT2D eigenvalue weighted by Crippen LogP contribution is -2.39. The van der Waals surface area contributed by atoms with Crippen molar-refractivity contribution in [2.75, 3.05) is 0 Å². The van der Waals surface area contributed by atoms with Gasteiger partial charge >= 0.3 is 0 Å². The van der Waals surface area contributed by atoms with E-state index in [0.29, 0.717) is 17.1 Å². The molecule has 2 fully saturated rings. The molecule has 2 aliphatic rings. The molecule has 2 rings (SSSR count). The van der Waals surface area contributed by atoms with Gasteiger partial charge in [0.25, 0.3) is 0 Å². The van der Waals surface area contributed by atoms with E-state index in [-0.39, 0.29) is 0 Å². The zero-order valence-corrected chi connectivity index (χ0v) is 11.1. The summed E-state index contributed by atoms with van der Waals surface area (Å²) in [5.74, 6) is 2.60. The monoisotopic (exact) mass is 222 g/mol. The molecule has 0 aromatic rings. The van der Waals surface area contributed by atoms with Crippen molar-refractivity contribution in [3.05, 3.63) is 0 Å². The maximum atomic E-state index is 12.0. The fraction of sp³-hybridized carbons (Fsp3) is 0.933. The third-order valence-electron chi connectivity index (χ3n) is 5.37. The summed E-state index contributed by atoms with van der Waals surface area (Å²) < 4.78 is 0. The summed E-state index contributed by atoms with van der Waals surface area (Å²) in [5, 5.41) is 0. The van der Waals surface area contributed by atoms with Crippen LogP contribution in [0.25, 0.3) is 0 Å². The van der Waals surface area contributed by atoms with Gasteiger partial charge in [-0.1, -0.05) is 33.6 Å². The van der Waals surface area contributed by atoms with Crippen LogP contribution < -0.4 is 0 Å². The van der Waals surface area contributed by atoms with Gasteiger partial charge < -0.3 is 0 Å². The Morgan fingerprint density at radius 3 is 2.88 bits per heavy atom. The van der Waals surface area contributed by atoms with E-state index < -0.39 is 0 Å².